The predicted octanol–water partition coefficient (Wildman–Crippen LogP) is 0.872. The third-order valence-corrected chi connectivity index (χ3v) is 2.32. The van der Waals surface area contributed by atoms with E-state index in [4.69, 9.17) is 5.11 Å². The van der Waals surface area contributed by atoms with Crippen molar-refractivity contribution in [3.05, 3.63) is 36.5 Å². The molecular formula is C11H13N5O2. The van der Waals surface area contributed by atoms with Gasteiger partial charge in [-0.05, 0) is 19.1 Å². The Morgan fingerprint density at radius 1 is 1.50 bits per heavy atom. The highest BCUT2D eigenvalue weighted by molar-refractivity contribution is 5.85. The summed E-state index contributed by atoms with van der Waals surface area (Å²) in [6.07, 6.45) is 5.32. The Morgan fingerprint density at radius 2 is 2.33 bits per heavy atom. The van der Waals surface area contributed by atoms with E-state index in [0.29, 0.717) is 5.82 Å². The number of rotatable bonds is 5. The fourth-order valence-corrected chi connectivity index (χ4v) is 1.53. The quantitative estimate of drug-likeness (QED) is 0.814. The van der Waals surface area contributed by atoms with Crippen LogP contribution in [0.3, 0.4) is 0 Å². The highest BCUT2D eigenvalue weighted by Gasteiger charge is 2.07. The van der Waals surface area contributed by atoms with Crippen LogP contribution in [-0.2, 0) is 6.54 Å². The molecule has 7 nitrogen and oxygen atoms in total. The molecular weight excluding hydrogens is 234 g/mol. The van der Waals surface area contributed by atoms with E-state index in [1.165, 1.54) is 6.07 Å². The first-order valence-electron chi connectivity index (χ1n) is 5.44. The number of aromatic carboxylic acids is 1. The highest BCUT2D eigenvalue weighted by Crippen LogP contribution is 2.05. The zero-order valence-electron chi connectivity index (χ0n) is 9.82. The number of hydrogen-bond acceptors (Lipinski definition) is 5. The summed E-state index contributed by atoms with van der Waals surface area (Å²) in [5.41, 5.74) is -0.0668. The van der Waals surface area contributed by atoms with Crippen LogP contribution in [0.5, 0.6) is 0 Å². The van der Waals surface area contributed by atoms with Crippen molar-refractivity contribution in [2.45, 2.75) is 19.5 Å². The van der Waals surface area contributed by atoms with Gasteiger partial charge >= 0.3 is 5.97 Å². The second-order valence-electron chi connectivity index (χ2n) is 3.91. The lowest BCUT2D eigenvalue weighted by atomic mass is 10.3. The molecule has 0 radical (unpaired) electrons. The number of nitrogens with one attached hydrogen (secondary N) is 1. The molecule has 0 saturated carbocycles. The highest BCUT2D eigenvalue weighted by atomic mass is 16.4. The largest absolute Gasteiger partial charge is 0.476 e. The van der Waals surface area contributed by atoms with Crippen molar-refractivity contribution in [3.8, 4) is 0 Å². The maximum Gasteiger partial charge on any atom is 0.356 e. The molecule has 1 atom stereocenters. The molecule has 2 rings (SSSR count). The molecule has 0 bridgehead atoms. The van der Waals surface area contributed by atoms with Gasteiger partial charge in [0.15, 0.2) is 5.69 Å². The average molecular weight is 247 g/mol. The Morgan fingerprint density at radius 3 is 2.89 bits per heavy atom. The summed E-state index contributed by atoms with van der Waals surface area (Å²) in [5.74, 6) is -0.534. The van der Waals surface area contributed by atoms with Gasteiger partial charge in [0.2, 0.25) is 0 Å². The molecule has 0 fully saturated rings. The Bertz CT molecular complexity index is 509. The average Bonchev–Trinajstić information content (AvgIpc) is 2.82. The Hall–Kier alpha value is -2.44. The molecule has 0 amide bonds. The lowest BCUT2D eigenvalue weighted by molar-refractivity contribution is 0.0689. The van der Waals surface area contributed by atoms with Gasteiger partial charge in [-0.1, -0.05) is 0 Å². The first kappa shape index (κ1) is 12.0. The van der Waals surface area contributed by atoms with Gasteiger partial charge in [-0.25, -0.2) is 9.78 Å². The molecule has 0 aliphatic heterocycles. The molecule has 0 aromatic carbocycles. The van der Waals surface area contributed by atoms with Crippen LogP contribution in [-0.4, -0.2) is 36.9 Å². The third-order valence-electron chi connectivity index (χ3n) is 2.32. The van der Waals surface area contributed by atoms with Crippen LogP contribution < -0.4 is 5.32 Å². The predicted molar refractivity (Wildman–Crippen MR) is 64.3 cm³/mol. The van der Waals surface area contributed by atoms with Crippen molar-refractivity contribution < 1.29 is 9.90 Å². The molecule has 0 spiro atoms. The van der Waals surface area contributed by atoms with Gasteiger partial charge in [0, 0.05) is 25.0 Å². The maximum atomic E-state index is 10.6. The molecule has 0 saturated heterocycles. The van der Waals surface area contributed by atoms with E-state index in [-0.39, 0.29) is 11.7 Å². The first-order valence-corrected chi connectivity index (χ1v) is 5.44. The van der Waals surface area contributed by atoms with Crippen LogP contribution in [0.1, 0.15) is 17.4 Å². The molecule has 2 aromatic heterocycles. The standard InChI is InChI=1S/C11H13N5O2/c1-8(6-16-5-4-12-7-16)13-10-3-2-9(11(17)18)14-15-10/h2-5,7-8H,6H2,1H3,(H,13,15)(H,17,18). The molecule has 2 N–H and O–H groups in total. The van der Waals surface area contributed by atoms with Crippen LogP contribution in [0.4, 0.5) is 5.82 Å². The van der Waals surface area contributed by atoms with E-state index < -0.39 is 5.97 Å². The molecule has 2 heterocycles. The van der Waals surface area contributed by atoms with E-state index in [9.17, 15) is 4.79 Å². The summed E-state index contributed by atoms with van der Waals surface area (Å²) in [7, 11) is 0. The van der Waals surface area contributed by atoms with Gasteiger partial charge in [0.1, 0.15) is 5.82 Å². The number of hydrogen-bond donors (Lipinski definition) is 2. The number of anilines is 1. The fraction of sp³-hybridized carbons (Fsp3) is 0.273. The summed E-state index contributed by atoms with van der Waals surface area (Å²) < 4.78 is 1.94. The maximum absolute atomic E-state index is 10.6. The van der Waals surface area contributed by atoms with Crippen LogP contribution in [0.15, 0.2) is 30.9 Å². The van der Waals surface area contributed by atoms with Crippen molar-refractivity contribution in [2.75, 3.05) is 5.32 Å². The third kappa shape index (κ3) is 3.03. The van der Waals surface area contributed by atoms with E-state index in [0.717, 1.165) is 6.54 Å². The second-order valence-corrected chi connectivity index (χ2v) is 3.91. The van der Waals surface area contributed by atoms with Crippen molar-refractivity contribution in [1.82, 2.24) is 19.7 Å². The number of carbonyl (C=O) groups is 1. The number of nitrogens with zero attached hydrogens (tertiary/aromatic N) is 4. The van der Waals surface area contributed by atoms with E-state index in [2.05, 4.69) is 20.5 Å². The topological polar surface area (TPSA) is 92.9 Å². The first-order chi connectivity index (χ1) is 8.65. The molecule has 7 heteroatoms. The molecule has 18 heavy (non-hydrogen) atoms. The number of carboxylic acid groups (broad SMARTS) is 1. The molecule has 94 valence electrons. The Kier molecular flexibility index (Phi) is 3.52. The van der Waals surface area contributed by atoms with Crippen LogP contribution >= 0.6 is 0 Å². The summed E-state index contributed by atoms with van der Waals surface area (Å²) >= 11 is 0. The SMILES string of the molecule is CC(Cn1ccnc1)Nc1ccc(C(=O)O)nn1. The van der Waals surface area contributed by atoms with Gasteiger partial charge < -0.3 is 15.0 Å². The summed E-state index contributed by atoms with van der Waals surface area (Å²) in [4.78, 5) is 14.6. The monoisotopic (exact) mass is 247 g/mol. The zero-order valence-corrected chi connectivity index (χ0v) is 9.82. The summed E-state index contributed by atoms with van der Waals surface area (Å²) in [5, 5.41) is 19.2. The van der Waals surface area contributed by atoms with Crippen molar-refractivity contribution in [2.24, 2.45) is 0 Å². The van der Waals surface area contributed by atoms with Crippen LogP contribution in [0.2, 0.25) is 0 Å². The minimum atomic E-state index is -1.08. The van der Waals surface area contributed by atoms with E-state index in [1.54, 1.807) is 18.6 Å². The molecule has 0 aliphatic rings. The zero-order chi connectivity index (χ0) is 13.0. The van der Waals surface area contributed by atoms with Crippen LogP contribution in [0.25, 0.3) is 0 Å². The summed E-state index contributed by atoms with van der Waals surface area (Å²) in [6, 6.07) is 3.15. The lowest BCUT2D eigenvalue weighted by Crippen LogP contribution is -2.22. The van der Waals surface area contributed by atoms with Crippen molar-refractivity contribution in [3.63, 3.8) is 0 Å². The number of carboxylic acids is 1. The minimum Gasteiger partial charge on any atom is -0.476 e. The molecule has 1 unspecified atom stereocenters. The summed E-state index contributed by atoms with van der Waals surface area (Å²) in [6.45, 7) is 2.73. The normalized spacial score (nSPS) is 12.1. The lowest BCUT2D eigenvalue weighted by Gasteiger charge is -2.14. The van der Waals surface area contributed by atoms with Gasteiger partial charge in [0.25, 0.3) is 0 Å². The Balaban J connectivity index is 1.94. The van der Waals surface area contributed by atoms with Crippen LogP contribution in [0, 0.1) is 0 Å². The van der Waals surface area contributed by atoms with Gasteiger partial charge in [-0.2, -0.15) is 0 Å². The molecule has 0 aliphatic carbocycles. The van der Waals surface area contributed by atoms with E-state index >= 15 is 0 Å². The smallest absolute Gasteiger partial charge is 0.356 e. The second kappa shape index (κ2) is 5.26. The Labute approximate surface area is 104 Å². The van der Waals surface area contributed by atoms with Crippen molar-refractivity contribution >= 4 is 11.8 Å². The number of aromatic nitrogens is 4. The van der Waals surface area contributed by atoms with Gasteiger partial charge in [-0.3, -0.25) is 0 Å². The molecule has 2 aromatic rings. The minimum absolute atomic E-state index is 0.0668. The van der Waals surface area contributed by atoms with E-state index in [1.807, 2.05) is 17.7 Å². The van der Waals surface area contributed by atoms with Gasteiger partial charge in [-0.15, -0.1) is 10.2 Å². The number of imidazole rings is 1. The van der Waals surface area contributed by atoms with Crippen molar-refractivity contribution in [1.29, 1.82) is 0 Å². The van der Waals surface area contributed by atoms with Gasteiger partial charge in [0.05, 0.1) is 6.33 Å². The fourth-order valence-electron chi connectivity index (χ4n) is 1.53.